The quantitative estimate of drug-likeness (QED) is 0.753. The van der Waals surface area contributed by atoms with E-state index in [-0.39, 0.29) is 11.7 Å². The molecule has 0 saturated heterocycles. The highest BCUT2D eigenvalue weighted by atomic mass is 16.3. The molecule has 1 aromatic rings. The normalized spacial score (nSPS) is 20.4. The number of phenolic OH excluding ortho intramolecular Hbond substituents is 1. The molecule has 2 aliphatic rings. The van der Waals surface area contributed by atoms with E-state index in [1.165, 1.54) is 12.8 Å². The molecule has 21 heavy (non-hydrogen) atoms. The van der Waals surface area contributed by atoms with Gasteiger partial charge in [0.2, 0.25) is 5.91 Å². The zero-order valence-corrected chi connectivity index (χ0v) is 12.4. The smallest absolute Gasteiger partial charge is 0.240 e. The van der Waals surface area contributed by atoms with Gasteiger partial charge in [0.05, 0.1) is 5.54 Å². The van der Waals surface area contributed by atoms with Gasteiger partial charge in [-0.05, 0) is 49.3 Å². The van der Waals surface area contributed by atoms with E-state index in [9.17, 15) is 9.90 Å². The van der Waals surface area contributed by atoms with Gasteiger partial charge >= 0.3 is 0 Å². The zero-order chi connectivity index (χ0) is 14.7. The van der Waals surface area contributed by atoms with Crippen LogP contribution in [0.15, 0.2) is 24.3 Å². The van der Waals surface area contributed by atoms with E-state index in [0.717, 1.165) is 37.8 Å². The number of aromatic hydroxyl groups is 1. The number of carbonyl (C=O) groups excluding carboxylic acids is 1. The van der Waals surface area contributed by atoms with Gasteiger partial charge in [0.1, 0.15) is 5.75 Å². The van der Waals surface area contributed by atoms with Crippen LogP contribution in [0.1, 0.15) is 44.1 Å². The summed E-state index contributed by atoms with van der Waals surface area (Å²) in [6.45, 7) is 1.44. The lowest BCUT2D eigenvalue weighted by atomic mass is 9.95. The molecule has 0 heterocycles. The highest BCUT2D eigenvalue weighted by Crippen LogP contribution is 2.32. The Bertz CT molecular complexity index is 505. The van der Waals surface area contributed by atoms with Gasteiger partial charge < -0.3 is 10.4 Å². The molecule has 4 heteroatoms. The molecule has 0 aromatic heterocycles. The first kappa shape index (κ1) is 14.4. The van der Waals surface area contributed by atoms with Gasteiger partial charge in [0.25, 0.3) is 0 Å². The van der Waals surface area contributed by atoms with Crippen LogP contribution in [0.25, 0.3) is 0 Å². The molecule has 0 unspecified atom stereocenters. The Morgan fingerprint density at radius 3 is 2.71 bits per heavy atom. The van der Waals surface area contributed by atoms with Crippen LogP contribution in [0.2, 0.25) is 0 Å². The molecule has 114 valence electrons. The van der Waals surface area contributed by atoms with Crippen molar-refractivity contribution < 1.29 is 9.90 Å². The molecule has 0 aliphatic heterocycles. The topological polar surface area (TPSA) is 61.4 Å². The van der Waals surface area contributed by atoms with Gasteiger partial charge in [-0.3, -0.25) is 10.1 Å². The van der Waals surface area contributed by atoms with E-state index in [4.69, 9.17) is 0 Å². The average molecular weight is 288 g/mol. The number of hydrogen-bond acceptors (Lipinski definition) is 3. The highest BCUT2D eigenvalue weighted by molar-refractivity contribution is 5.86. The minimum Gasteiger partial charge on any atom is -0.508 e. The molecule has 2 fully saturated rings. The number of benzene rings is 1. The van der Waals surface area contributed by atoms with Crippen molar-refractivity contribution in [3.8, 4) is 5.75 Å². The SMILES string of the molecule is O=C(NCC1CC1)C1(NCc2cccc(O)c2)CCCC1. The molecule has 0 radical (unpaired) electrons. The van der Waals surface area contributed by atoms with E-state index < -0.39 is 5.54 Å². The summed E-state index contributed by atoms with van der Waals surface area (Å²) in [5, 5.41) is 16.1. The average Bonchev–Trinajstić information content (AvgIpc) is 3.19. The first-order valence-electron chi connectivity index (χ1n) is 7.99. The van der Waals surface area contributed by atoms with Crippen molar-refractivity contribution >= 4 is 5.91 Å². The molecule has 4 nitrogen and oxygen atoms in total. The first-order valence-corrected chi connectivity index (χ1v) is 7.99. The van der Waals surface area contributed by atoms with Gasteiger partial charge in [-0.15, -0.1) is 0 Å². The molecule has 3 rings (SSSR count). The van der Waals surface area contributed by atoms with Gasteiger partial charge in [-0.25, -0.2) is 0 Å². The van der Waals surface area contributed by atoms with Crippen molar-refractivity contribution in [2.24, 2.45) is 5.92 Å². The molecule has 1 amide bonds. The van der Waals surface area contributed by atoms with Crippen molar-refractivity contribution in [3.05, 3.63) is 29.8 Å². The van der Waals surface area contributed by atoms with E-state index in [0.29, 0.717) is 12.5 Å². The molecule has 0 atom stereocenters. The predicted molar refractivity (Wildman–Crippen MR) is 81.9 cm³/mol. The minimum atomic E-state index is -0.416. The lowest BCUT2D eigenvalue weighted by Gasteiger charge is -2.29. The van der Waals surface area contributed by atoms with Crippen LogP contribution < -0.4 is 10.6 Å². The maximum Gasteiger partial charge on any atom is 0.240 e. The Morgan fingerprint density at radius 2 is 2.05 bits per heavy atom. The molecular weight excluding hydrogens is 264 g/mol. The fourth-order valence-electron chi connectivity index (χ4n) is 3.13. The standard InChI is InChI=1S/C17H24N2O2/c20-15-5-3-4-14(10-15)12-19-17(8-1-2-9-17)16(21)18-11-13-6-7-13/h3-5,10,13,19-20H,1-2,6-9,11-12H2,(H,18,21). The summed E-state index contributed by atoms with van der Waals surface area (Å²) < 4.78 is 0. The molecule has 0 spiro atoms. The van der Waals surface area contributed by atoms with Gasteiger partial charge in [-0.2, -0.15) is 0 Å². The summed E-state index contributed by atoms with van der Waals surface area (Å²) in [4.78, 5) is 12.6. The lowest BCUT2D eigenvalue weighted by Crippen LogP contribution is -2.55. The van der Waals surface area contributed by atoms with Crippen LogP contribution in [-0.2, 0) is 11.3 Å². The Morgan fingerprint density at radius 1 is 1.29 bits per heavy atom. The van der Waals surface area contributed by atoms with Crippen LogP contribution in [0.4, 0.5) is 0 Å². The number of carbonyl (C=O) groups is 1. The molecule has 2 aliphatic carbocycles. The summed E-state index contributed by atoms with van der Waals surface area (Å²) in [6, 6.07) is 7.22. The minimum absolute atomic E-state index is 0.159. The van der Waals surface area contributed by atoms with E-state index in [1.807, 2.05) is 12.1 Å². The fraction of sp³-hybridized carbons (Fsp3) is 0.588. The van der Waals surface area contributed by atoms with Crippen molar-refractivity contribution in [1.29, 1.82) is 0 Å². The first-order chi connectivity index (χ1) is 10.2. The molecule has 2 saturated carbocycles. The van der Waals surface area contributed by atoms with Crippen LogP contribution in [-0.4, -0.2) is 23.1 Å². The molecule has 3 N–H and O–H groups in total. The third kappa shape index (κ3) is 3.56. The van der Waals surface area contributed by atoms with Crippen LogP contribution in [0, 0.1) is 5.92 Å². The largest absolute Gasteiger partial charge is 0.508 e. The Hall–Kier alpha value is -1.55. The van der Waals surface area contributed by atoms with Gasteiger partial charge in [-0.1, -0.05) is 25.0 Å². The fourth-order valence-corrected chi connectivity index (χ4v) is 3.13. The monoisotopic (exact) mass is 288 g/mol. The van der Waals surface area contributed by atoms with Gasteiger partial charge in [0.15, 0.2) is 0 Å². The van der Waals surface area contributed by atoms with Crippen molar-refractivity contribution in [2.75, 3.05) is 6.54 Å². The van der Waals surface area contributed by atoms with Gasteiger partial charge in [0, 0.05) is 13.1 Å². The number of phenols is 1. The van der Waals surface area contributed by atoms with E-state index in [2.05, 4.69) is 10.6 Å². The van der Waals surface area contributed by atoms with Crippen LogP contribution in [0.5, 0.6) is 5.75 Å². The summed E-state index contributed by atoms with van der Waals surface area (Å²) in [5.74, 6) is 1.14. The Balaban J connectivity index is 1.61. The Labute approximate surface area is 125 Å². The lowest BCUT2D eigenvalue weighted by molar-refractivity contribution is -0.127. The zero-order valence-electron chi connectivity index (χ0n) is 12.4. The van der Waals surface area contributed by atoms with Crippen molar-refractivity contribution in [3.63, 3.8) is 0 Å². The maximum absolute atomic E-state index is 12.6. The number of amides is 1. The second kappa shape index (κ2) is 6.06. The Kier molecular flexibility index (Phi) is 4.15. The van der Waals surface area contributed by atoms with Crippen LogP contribution >= 0.6 is 0 Å². The third-order valence-electron chi connectivity index (χ3n) is 4.68. The molecule has 0 bridgehead atoms. The maximum atomic E-state index is 12.6. The van der Waals surface area contributed by atoms with Crippen LogP contribution in [0.3, 0.4) is 0 Å². The second-order valence-electron chi connectivity index (χ2n) is 6.47. The summed E-state index contributed by atoms with van der Waals surface area (Å²) in [7, 11) is 0. The number of hydrogen-bond donors (Lipinski definition) is 3. The van der Waals surface area contributed by atoms with Crippen molar-refractivity contribution in [2.45, 2.75) is 50.6 Å². The summed E-state index contributed by atoms with van der Waals surface area (Å²) in [6.07, 6.45) is 6.52. The second-order valence-corrected chi connectivity index (χ2v) is 6.47. The van der Waals surface area contributed by atoms with E-state index in [1.54, 1.807) is 12.1 Å². The summed E-state index contributed by atoms with van der Waals surface area (Å²) in [5.41, 5.74) is 0.594. The molecular formula is C17H24N2O2. The predicted octanol–water partition coefficient (Wildman–Crippen LogP) is 2.32. The number of rotatable bonds is 6. The molecule has 1 aromatic carbocycles. The third-order valence-corrected chi connectivity index (χ3v) is 4.68. The van der Waals surface area contributed by atoms with Crippen molar-refractivity contribution in [1.82, 2.24) is 10.6 Å². The summed E-state index contributed by atoms with van der Waals surface area (Å²) >= 11 is 0. The highest BCUT2D eigenvalue weighted by Gasteiger charge is 2.40. The number of nitrogens with one attached hydrogen (secondary N) is 2. The van der Waals surface area contributed by atoms with E-state index >= 15 is 0 Å².